The zero-order valence-corrected chi connectivity index (χ0v) is 23.1. The third-order valence-corrected chi connectivity index (χ3v) is 7.46. The van der Waals surface area contributed by atoms with Gasteiger partial charge in [-0.2, -0.15) is 5.10 Å². The summed E-state index contributed by atoms with van der Waals surface area (Å²) >= 11 is 1.45. The summed E-state index contributed by atoms with van der Waals surface area (Å²) in [6.45, 7) is 3.90. The molecule has 41 heavy (non-hydrogen) atoms. The first-order chi connectivity index (χ1) is 19.6. The Morgan fingerprint density at radius 1 is 1.07 bits per heavy atom. The predicted molar refractivity (Wildman–Crippen MR) is 155 cm³/mol. The zero-order chi connectivity index (χ0) is 29.0. The molecule has 3 aromatic carbocycles. The third kappa shape index (κ3) is 6.77. The van der Waals surface area contributed by atoms with Gasteiger partial charge in [0.25, 0.3) is 0 Å². The van der Waals surface area contributed by atoms with E-state index in [9.17, 15) is 18.3 Å². The molecule has 0 radical (unpaired) electrons. The van der Waals surface area contributed by atoms with Crippen LogP contribution in [0.3, 0.4) is 0 Å². The van der Waals surface area contributed by atoms with Gasteiger partial charge in [0.1, 0.15) is 12.1 Å². The number of aromatic nitrogens is 3. The minimum absolute atomic E-state index is 0.310. The Morgan fingerprint density at radius 2 is 1.80 bits per heavy atom. The molecule has 1 atom stereocenters. The van der Waals surface area contributed by atoms with Crippen LogP contribution in [0, 0.1) is 0 Å². The fourth-order valence-electron chi connectivity index (χ4n) is 4.37. The molecule has 212 valence electrons. The molecular weight excluding hydrogens is 553 g/mol. The summed E-state index contributed by atoms with van der Waals surface area (Å²) in [5.41, 5.74) is 3.10. The lowest BCUT2D eigenvalue weighted by Crippen LogP contribution is -2.45. The third-order valence-electron chi connectivity index (χ3n) is 6.25. The summed E-state index contributed by atoms with van der Waals surface area (Å²) in [5, 5.41) is 24.8. The molecule has 1 saturated heterocycles. The Hall–Kier alpha value is -4.16. The Balaban J connectivity index is 1.28. The van der Waals surface area contributed by atoms with Crippen molar-refractivity contribution >= 4 is 28.8 Å². The van der Waals surface area contributed by atoms with Gasteiger partial charge in [0.05, 0.1) is 11.9 Å². The number of halogens is 3. The summed E-state index contributed by atoms with van der Waals surface area (Å²) < 4.78 is 42.5. The summed E-state index contributed by atoms with van der Waals surface area (Å²) in [7, 11) is 0. The highest BCUT2D eigenvalue weighted by atomic mass is 32.2. The molecule has 1 N–H and O–H groups in total. The number of ether oxygens (including phenoxy) is 1. The predicted octanol–water partition coefficient (Wildman–Crippen LogP) is 6.44. The van der Waals surface area contributed by atoms with Gasteiger partial charge in [-0.1, -0.05) is 67.6 Å². The van der Waals surface area contributed by atoms with Gasteiger partial charge in [0, 0.05) is 17.0 Å². The van der Waals surface area contributed by atoms with Gasteiger partial charge in [-0.3, -0.25) is 4.90 Å². The van der Waals surface area contributed by atoms with Gasteiger partial charge in [-0.25, -0.2) is 9.67 Å². The van der Waals surface area contributed by atoms with Crippen molar-refractivity contribution < 1.29 is 23.0 Å². The fraction of sp³-hybridized carbons (Fsp3) is 0.241. The number of aliphatic hydroxyl groups is 1. The molecule has 0 spiro atoms. The van der Waals surface area contributed by atoms with Crippen LogP contribution in [0.2, 0.25) is 0 Å². The number of benzene rings is 3. The van der Waals surface area contributed by atoms with Gasteiger partial charge in [-0.15, -0.1) is 23.4 Å². The molecule has 12 heteroatoms. The fourth-order valence-corrected chi connectivity index (χ4v) is 5.43. The number of amidine groups is 1. The monoisotopic (exact) mass is 580 g/mol. The molecule has 1 unspecified atom stereocenters. The lowest BCUT2D eigenvalue weighted by molar-refractivity contribution is -0.274. The lowest BCUT2D eigenvalue weighted by Gasteiger charge is -2.32. The van der Waals surface area contributed by atoms with Crippen LogP contribution in [0.15, 0.2) is 89.3 Å². The number of alkyl halides is 3. The van der Waals surface area contributed by atoms with Crippen molar-refractivity contribution in [2.75, 3.05) is 10.7 Å². The van der Waals surface area contributed by atoms with Gasteiger partial charge in [0.2, 0.25) is 0 Å². The van der Waals surface area contributed by atoms with E-state index in [4.69, 9.17) is 0 Å². The molecule has 0 aliphatic carbocycles. The van der Waals surface area contributed by atoms with Crippen molar-refractivity contribution in [1.82, 2.24) is 14.8 Å². The average molecular weight is 581 g/mol. The SMILES string of the molecule is CCCc1ccccc1N1C(=NN=Cc2ccc(-c3ncn(-c4ccc(OC(F)(F)F)cc4)n3)cc2)SCC1(C)O. The second kappa shape index (κ2) is 11.8. The number of thioether (sulfide) groups is 1. The summed E-state index contributed by atoms with van der Waals surface area (Å²) in [6, 6.07) is 20.8. The van der Waals surface area contributed by atoms with Crippen LogP contribution < -0.4 is 9.64 Å². The normalized spacial score (nSPS) is 18.5. The molecule has 4 aromatic rings. The van der Waals surface area contributed by atoms with Crippen molar-refractivity contribution in [2.45, 2.75) is 38.8 Å². The van der Waals surface area contributed by atoms with E-state index in [1.807, 2.05) is 47.4 Å². The number of hydrogen-bond acceptors (Lipinski definition) is 7. The molecule has 5 rings (SSSR count). The Labute approximate surface area is 239 Å². The van der Waals surface area contributed by atoms with Crippen LogP contribution in [0.1, 0.15) is 31.4 Å². The highest BCUT2D eigenvalue weighted by Crippen LogP contribution is 2.38. The first kappa shape index (κ1) is 28.4. The van der Waals surface area contributed by atoms with Crippen LogP contribution >= 0.6 is 11.8 Å². The average Bonchev–Trinajstić information content (AvgIpc) is 3.54. The highest BCUT2D eigenvalue weighted by Gasteiger charge is 2.41. The molecule has 0 amide bonds. The van der Waals surface area contributed by atoms with Crippen LogP contribution in [0.25, 0.3) is 17.1 Å². The van der Waals surface area contributed by atoms with E-state index in [1.165, 1.54) is 47.0 Å². The number of anilines is 1. The van der Waals surface area contributed by atoms with Crippen molar-refractivity contribution in [3.05, 3.63) is 90.3 Å². The second-order valence-electron chi connectivity index (χ2n) is 9.52. The Kier molecular flexibility index (Phi) is 8.13. The number of hydrogen-bond donors (Lipinski definition) is 1. The first-order valence-corrected chi connectivity index (χ1v) is 13.8. The maximum Gasteiger partial charge on any atom is 0.573 e. The zero-order valence-electron chi connectivity index (χ0n) is 22.3. The first-order valence-electron chi connectivity index (χ1n) is 12.9. The summed E-state index contributed by atoms with van der Waals surface area (Å²) in [6.07, 6.45) is 0.260. The molecule has 1 aliphatic heterocycles. The molecule has 2 heterocycles. The van der Waals surface area contributed by atoms with Crippen molar-refractivity contribution in [2.24, 2.45) is 10.2 Å². The lowest BCUT2D eigenvalue weighted by atomic mass is 10.1. The second-order valence-corrected chi connectivity index (χ2v) is 10.5. The molecule has 0 bridgehead atoms. The standard InChI is InChI=1S/C29H27F3N6O2S/c1-3-6-21-7-4-5-8-25(21)38-27(41-18-28(38,2)39)35-34-17-20-9-11-22(12-10-20)26-33-19-37(36-26)23-13-15-24(16-14-23)40-29(30,31)32/h4-5,7-17,19,39H,3,6,18H2,1-2H3. The number of aryl methyl sites for hydroxylation is 1. The smallest absolute Gasteiger partial charge is 0.406 e. The van der Waals surface area contributed by atoms with Crippen molar-refractivity contribution in [3.8, 4) is 22.8 Å². The van der Waals surface area contributed by atoms with Gasteiger partial charge in [-0.05, 0) is 54.8 Å². The molecule has 1 aromatic heterocycles. The summed E-state index contributed by atoms with van der Waals surface area (Å²) in [4.78, 5) is 6.16. The largest absolute Gasteiger partial charge is 0.573 e. The number of nitrogens with zero attached hydrogens (tertiary/aromatic N) is 6. The molecule has 0 saturated carbocycles. The van der Waals surface area contributed by atoms with E-state index in [0.717, 1.165) is 35.2 Å². The Morgan fingerprint density at radius 3 is 2.51 bits per heavy atom. The van der Waals surface area contributed by atoms with Crippen molar-refractivity contribution in [3.63, 3.8) is 0 Å². The molecular formula is C29H27F3N6O2S. The maximum absolute atomic E-state index is 12.4. The minimum Gasteiger partial charge on any atom is -0.406 e. The van der Waals surface area contributed by atoms with Gasteiger partial charge >= 0.3 is 6.36 Å². The van der Waals surface area contributed by atoms with E-state index in [-0.39, 0.29) is 5.75 Å². The van der Waals surface area contributed by atoms with Crippen molar-refractivity contribution in [1.29, 1.82) is 0 Å². The van der Waals surface area contributed by atoms with E-state index in [1.54, 1.807) is 13.1 Å². The van der Waals surface area contributed by atoms with Gasteiger partial charge in [0.15, 0.2) is 16.7 Å². The number of rotatable bonds is 8. The molecule has 1 fully saturated rings. The van der Waals surface area contributed by atoms with Gasteiger partial charge < -0.3 is 9.84 Å². The van der Waals surface area contributed by atoms with E-state index in [0.29, 0.717) is 22.4 Å². The van der Waals surface area contributed by atoms with E-state index < -0.39 is 12.1 Å². The topological polar surface area (TPSA) is 88.1 Å². The minimum atomic E-state index is -4.75. The Bertz CT molecular complexity index is 1550. The summed E-state index contributed by atoms with van der Waals surface area (Å²) in [5.74, 6) is 0.618. The molecule has 1 aliphatic rings. The number of para-hydroxylation sites is 1. The molecule has 8 nitrogen and oxygen atoms in total. The van der Waals surface area contributed by atoms with Crippen LogP contribution in [-0.2, 0) is 6.42 Å². The van der Waals surface area contributed by atoms with Crippen LogP contribution in [0.5, 0.6) is 5.75 Å². The maximum atomic E-state index is 12.4. The quantitative estimate of drug-likeness (QED) is 0.191. The van der Waals surface area contributed by atoms with E-state index >= 15 is 0 Å². The van der Waals surface area contributed by atoms with Crippen LogP contribution in [-0.4, -0.2) is 49.1 Å². The van der Waals surface area contributed by atoms with Crippen LogP contribution in [0.4, 0.5) is 18.9 Å². The highest BCUT2D eigenvalue weighted by molar-refractivity contribution is 8.14. The van der Waals surface area contributed by atoms with E-state index in [2.05, 4.69) is 38.0 Å².